The van der Waals surface area contributed by atoms with Crippen molar-refractivity contribution in [3.8, 4) is 11.3 Å². The second kappa shape index (κ2) is 7.10. The van der Waals surface area contributed by atoms with E-state index in [1.54, 1.807) is 11.3 Å². The van der Waals surface area contributed by atoms with Crippen molar-refractivity contribution in [1.29, 1.82) is 0 Å². The molecule has 0 saturated carbocycles. The van der Waals surface area contributed by atoms with Crippen LogP contribution in [0.4, 0.5) is 5.69 Å². The number of nitrogens with one attached hydrogen (secondary N) is 1. The highest BCUT2D eigenvalue weighted by atomic mass is 32.1. The largest absolute Gasteiger partial charge is 0.326 e. The van der Waals surface area contributed by atoms with Crippen molar-refractivity contribution in [2.45, 2.75) is 13.3 Å². The molecular formula is C22H18N2OS. The van der Waals surface area contributed by atoms with Crippen molar-refractivity contribution < 1.29 is 4.79 Å². The van der Waals surface area contributed by atoms with E-state index in [-0.39, 0.29) is 5.91 Å². The van der Waals surface area contributed by atoms with Crippen LogP contribution in [0, 0.1) is 6.92 Å². The molecule has 0 aliphatic heterocycles. The third-order valence-electron chi connectivity index (χ3n) is 4.26. The Morgan fingerprint density at radius 3 is 2.50 bits per heavy atom. The lowest BCUT2D eigenvalue weighted by Crippen LogP contribution is -2.14. The molecule has 0 aliphatic carbocycles. The normalized spacial score (nSPS) is 10.8. The molecule has 1 N–H and O–H groups in total. The highest BCUT2D eigenvalue weighted by molar-refractivity contribution is 7.09. The average Bonchev–Trinajstić information content (AvgIpc) is 3.08. The predicted molar refractivity (Wildman–Crippen MR) is 109 cm³/mol. The lowest BCUT2D eigenvalue weighted by Gasteiger charge is -2.07. The van der Waals surface area contributed by atoms with Gasteiger partial charge in [0.2, 0.25) is 5.91 Å². The maximum atomic E-state index is 12.4. The zero-order valence-electron chi connectivity index (χ0n) is 14.4. The Hall–Kier alpha value is -2.98. The molecule has 1 amide bonds. The molecule has 0 atom stereocenters. The molecular weight excluding hydrogens is 340 g/mol. The summed E-state index contributed by atoms with van der Waals surface area (Å²) in [7, 11) is 0. The lowest BCUT2D eigenvalue weighted by molar-refractivity contribution is -0.115. The number of hydrogen-bond acceptors (Lipinski definition) is 3. The van der Waals surface area contributed by atoms with Gasteiger partial charge in [-0.25, -0.2) is 4.98 Å². The van der Waals surface area contributed by atoms with Crippen molar-refractivity contribution in [3.63, 3.8) is 0 Å². The van der Waals surface area contributed by atoms with E-state index in [1.165, 1.54) is 5.39 Å². The van der Waals surface area contributed by atoms with E-state index < -0.39 is 0 Å². The number of rotatable bonds is 4. The van der Waals surface area contributed by atoms with Gasteiger partial charge >= 0.3 is 0 Å². The van der Waals surface area contributed by atoms with E-state index in [4.69, 9.17) is 0 Å². The van der Waals surface area contributed by atoms with Crippen LogP contribution in [0.2, 0.25) is 0 Å². The minimum atomic E-state index is -0.0162. The highest BCUT2D eigenvalue weighted by Crippen LogP contribution is 2.23. The van der Waals surface area contributed by atoms with Gasteiger partial charge in [-0.05, 0) is 35.4 Å². The van der Waals surface area contributed by atoms with E-state index >= 15 is 0 Å². The number of anilines is 1. The summed E-state index contributed by atoms with van der Waals surface area (Å²) in [5, 5.41) is 8.40. The number of aryl methyl sites for hydroxylation is 1. The van der Waals surface area contributed by atoms with Gasteiger partial charge in [-0.2, -0.15) is 0 Å². The van der Waals surface area contributed by atoms with E-state index in [0.717, 1.165) is 32.9 Å². The van der Waals surface area contributed by atoms with Gasteiger partial charge in [0.15, 0.2) is 0 Å². The summed E-state index contributed by atoms with van der Waals surface area (Å²) in [6, 6.07) is 22.1. The molecule has 0 saturated heterocycles. The molecule has 0 aliphatic rings. The van der Waals surface area contributed by atoms with Crippen LogP contribution in [0.3, 0.4) is 0 Å². The van der Waals surface area contributed by atoms with Gasteiger partial charge in [0.05, 0.1) is 17.1 Å². The average molecular weight is 358 g/mol. The van der Waals surface area contributed by atoms with Crippen LogP contribution in [-0.4, -0.2) is 10.9 Å². The Labute approximate surface area is 156 Å². The Bertz CT molecular complexity index is 1070. The third-order valence-corrected chi connectivity index (χ3v) is 5.04. The molecule has 0 fully saturated rings. The number of carbonyl (C=O) groups excluding carboxylic acids is 1. The molecule has 26 heavy (non-hydrogen) atoms. The number of hydrogen-bond donors (Lipinski definition) is 1. The molecule has 4 heteroatoms. The molecule has 0 radical (unpaired) electrons. The van der Waals surface area contributed by atoms with Crippen LogP contribution in [0.1, 0.15) is 10.6 Å². The van der Waals surface area contributed by atoms with E-state index in [2.05, 4.69) is 34.6 Å². The smallest absolute Gasteiger partial charge is 0.228 e. The number of aromatic nitrogens is 1. The van der Waals surface area contributed by atoms with Crippen LogP contribution in [-0.2, 0) is 11.2 Å². The maximum absolute atomic E-state index is 12.4. The summed E-state index contributed by atoms with van der Waals surface area (Å²) in [5.41, 5.74) is 3.84. The predicted octanol–water partition coefficient (Wildman–Crippen LogP) is 5.45. The summed E-state index contributed by atoms with van der Waals surface area (Å²) in [5.74, 6) is -0.0162. The van der Waals surface area contributed by atoms with Gasteiger partial charge in [0.1, 0.15) is 0 Å². The van der Waals surface area contributed by atoms with Crippen LogP contribution < -0.4 is 5.32 Å². The minimum absolute atomic E-state index is 0.0162. The van der Waals surface area contributed by atoms with Crippen LogP contribution in [0.5, 0.6) is 0 Å². The molecule has 128 valence electrons. The van der Waals surface area contributed by atoms with Crippen molar-refractivity contribution in [2.24, 2.45) is 0 Å². The second-order valence-corrected chi connectivity index (χ2v) is 7.30. The standard InChI is InChI=1S/C22H18N2OS/c1-15-23-21(14-26-15)18-8-10-20(11-9-18)24-22(25)13-16-6-7-17-4-2-3-5-19(17)12-16/h2-12,14H,13H2,1H3,(H,24,25). The van der Waals surface area contributed by atoms with Crippen molar-refractivity contribution in [1.82, 2.24) is 4.98 Å². The van der Waals surface area contributed by atoms with Crippen molar-refractivity contribution in [3.05, 3.63) is 82.7 Å². The van der Waals surface area contributed by atoms with Crippen LogP contribution in [0.25, 0.3) is 22.0 Å². The first-order valence-electron chi connectivity index (χ1n) is 8.47. The minimum Gasteiger partial charge on any atom is -0.326 e. The molecule has 1 heterocycles. The molecule has 0 unspecified atom stereocenters. The van der Waals surface area contributed by atoms with Crippen LogP contribution >= 0.6 is 11.3 Å². The third kappa shape index (κ3) is 3.65. The number of nitrogens with zero attached hydrogens (tertiary/aromatic N) is 1. The quantitative estimate of drug-likeness (QED) is 0.527. The molecule has 3 aromatic carbocycles. The number of thiazole rings is 1. The molecule has 0 bridgehead atoms. The Kier molecular flexibility index (Phi) is 4.50. The fraction of sp³-hybridized carbons (Fsp3) is 0.0909. The monoisotopic (exact) mass is 358 g/mol. The van der Waals surface area contributed by atoms with Gasteiger partial charge in [-0.15, -0.1) is 11.3 Å². The SMILES string of the molecule is Cc1nc(-c2ccc(NC(=O)Cc3ccc4ccccc4c3)cc2)cs1. The van der Waals surface area contributed by atoms with Crippen molar-refractivity contribution in [2.75, 3.05) is 5.32 Å². The number of carbonyl (C=O) groups is 1. The van der Waals surface area contributed by atoms with Gasteiger partial charge in [0, 0.05) is 16.6 Å². The first-order valence-corrected chi connectivity index (χ1v) is 9.35. The zero-order valence-corrected chi connectivity index (χ0v) is 15.2. The summed E-state index contributed by atoms with van der Waals surface area (Å²) in [4.78, 5) is 16.8. The molecule has 1 aromatic heterocycles. The summed E-state index contributed by atoms with van der Waals surface area (Å²) < 4.78 is 0. The van der Waals surface area contributed by atoms with Gasteiger partial charge in [-0.1, -0.05) is 54.6 Å². The van der Waals surface area contributed by atoms with Crippen LogP contribution in [0.15, 0.2) is 72.1 Å². The topological polar surface area (TPSA) is 42.0 Å². The number of fused-ring (bicyclic) bond motifs is 1. The Morgan fingerprint density at radius 2 is 1.77 bits per heavy atom. The van der Waals surface area contributed by atoms with E-state index in [0.29, 0.717) is 6.42 Å². The fourth-order valence-electron chi connectivity index (χ4n) is 2.96. The Balaban J connectivity index is 1.43. The van der Waals surface area contributed by atoms with Crippen molar-refractivity contribution >= 4 is 33.7 Å². The first-order chi connectivity index (χ1) is 12.7. The van der Waals surface area contributed by atoms with Gasteiger partial charge in [-0.3, -0.25) is 4.79 Å². The molecule has 3 nitrogen and oxygen atoms in total. The lowest BCUT2D eigenvalue weighted by atomic mass is 10.0. The number of amides is 1. The second-order valence-electron chi connectivity index (χ2n) is 6.24. The number of benzene rings is 3. The summed E-state index contributed by atoms with van der Waals surface area (Å²) in [6.07, 6.45) is 0.359. The first kappa shape index (κ1) is 16.5. The fourth-order valence-corrected chi connectivity index (χ4v) is 3.58. The maximum Gasteiger partial charge on any atom is 0.228 e. The van der Waals surface area contributed by atoms with E-state index in [1.807, 2.05) is 54.8 Å². The highest BCUT2D eigenvalue weighted by Gasteiger charge is 2.06. The molecule has 4 aromatic rings. The summed E-state index contributed by atoms with van der Waals surface area (Å²) in [6.45, 7) is 2.00. The summed E-state index contributed by atoms with van der Waals surface area (Å²) >= 11 is 1.64. The molecule has 0 spiro atoms. The zero-order chi connectivity index (χ0) is 17.9. The van der Waals surface area contributed by atoms with Gasteiger partial charge < -0.3 is 5.32 Å². The Morgan fingerprint density at radius 1 is 1.00 bits per heavy atom. The van der Waals surface area contributed by atoms with Gasteiger partial charge in [0.25, 0.3) is 0 Å². The van der Waals surface area contributed by atoms with E-state index in [9.17, 15) is 4.79 Å². The molecule has 4 rings (SSSR count).